The van der Waals surface area contributed by atoms with Gasteiger partial charge in [0.25, 0.3) is 0 Å². The molecule has 0 aliphatic carbocycles. The molecule has 0 atom stereocenters. The Morgan fingerprint density at radius 3 is 2.92 bits per heavy atom. The van der Waals surface area contributed by atoms with E-state index in [4.69, 9.17) is 0 Å². The summed E-state index contributed by atoms with van der Waals surface area (Å²) >= 11 is 1.63. The second-order valence-corrected chi connectivity index (χ2v) is 4.04. The van der Waals surface area contributed by atoms with Crippen LogP contribution in [0.15, 0.2) is 11.4 Å². The molecule has 1 N–H and O–H groups in total. The minimum absolute atomic E-state index is 0.250. The summed E-state index contributed by atoms with van der Waals surface area (Å²) < 4.78 is 0. The third kappa shape index (κ3) is 2.94. The van der Waals surface area contributed by atoms with Crippen molar-refractivity contribution in [1.29, 1.82) is 0 Å². The van der Waals surface area contributed by atoms with Crippen LogP contribution in [0, 0.1) is 6.92 Å². The summed E-state index contributed by atoms with van der Waals surface area (Å²) in [7, 11) is 0. The van der Waals surface area contributed by atoms with Crippen molar-refractivity contribution in [3.05, 3.63) is 21.9 Å². The molecule has 1 rings (SSSR count). The van der Waals surface area contributed by atoms with E-state index in [2.05, 4.69) is 5.32 Å². The van der Waals surface area contributed by atoms with Gasteiger partial charge >= 0.3 is 0 Å². The van der Waals surface area contributed by atoms with Crippen molar-refractivity contribution in [3.63, 3.8) is 0 Å². The fourth-order valence-electron chi connectivity index (χ4n) is 1.19. The number of Topliss-reactive ketones (excluding diaryl/α,β-unsaturated/α-hetero) is 1. The largest absolute Gasteiger partial charge is 0.317 e. The van der Waals surface area contributed by atoms with Gasteiger partial charge in [-0.25, -0.2) is 0 Å². The molecule has 0 saturated heterocycles. The van der Waals surface area contributed by atoms with Crippen LogP contribution in [0.2, 0.25) is 0 Å². The van der Waals surface area contributed by atoms with E-state index in [1.807, 2.05) is 25.3 Å². The highest BCUT2D eigenvalue weighted by atomic mass is 32.1. The molecule has 0 spiro atoms. The minimum atomic E-state index is 0.250. The van der Waals surface area contributed by atoms with Gasteiger partial charge in [0.1, 0.15) is 0 Å². The van der Waals surface area contributed by atoms with Gasteiger partial charge in [-0.3, -0.25) is 4.79 Å². The fourth-order valence-corrected chi connectivity index (χ4v) is 1.90. The molecule has 0 radical (unpaired) electrons. The molecule has 13 heavy (non-hydrogen) atoms. The Kier molecular flexibility index (Phi) is 4.12. The molecule has 0 bridgehead atoms. The number of carbonyl (C=O) groups is 1. The summed E-state index contributed by atoms with van der Waals surface area (Å²) in [5.74, 6) is 0.250. The molecule has 72 valence electrons. The third-order valence-electron chi connectivity index (χ3n) is 1.94. The number of carbonyl (C=O) groups excluding carboxylic acids is 1. The Morgan fingerprint density at radius 1 is 1.62 bits per heavy atom. The van der Waals surface area contributed by atoms with Crippen molar-refractivity contribution in [2.24, 2.45) is 0 Å². The fraction of sp³-hybridized carbons (Fsp3) is 0.500. The molecule has 0 aromatic carbocycles. The van der Waals surface area contributed by atoms with Crippen molar-refractivity contribution >= 4 is 17.1 Å². The van der Waals surface area contributed by atoms with Gasteiger partial charge < -0.3 is 5.32 Å². The van der Waals surface area contributed by atoms with Crippen LogP contribution in [0.25, 0.3) is 0 Å². The van der Waals surface area contributed by atoms with E-state index in [-0.39, 0.29) is 5.78 Å². The molecule has 1 aromatic heterocycles. The van der Waals surface area contributed by atoms with Crippen molar-refractivity contribution in [2.45, 2.75) is 20.3 Å². The van der Waals surface area contributed by atoms with Crippen LogP contribution < -0.4 is 5.32 Å². The lowest BCUT2D eigenvalue weighted by Crippen LogP contribution is -2.17. The highest BCUT2D eigenvalue weighted by molar-refractivity contribution is 7.10. The monoisotopic (exact) mass is 197 g/mol. The Bertz CT molecular complexity index is 280. The second-order valence-electron chi connectivity index (χ2n) is 2.92. The van der Waals surface area contributed by atoms with E-state index in [1.165, 1.54) is 0 Å². The van der Waals surface area contributed by atoms with Gasteiger partial charge in [0.15, 0.2) is 5.78 Å². The van der Waals surface area contributed by atoms with Crippen LogP contribution in [0.5, 0.6) is 0 Å². The number of thiophene rings is 1. The number of nitrogens with one attached hydrogen (secondary N) is 1. The minimum Gasteiger partial charge on any atom is -0.317 e. The van der Waals surface area contributed by atoms with E-state index >= 15 is 0 Å². The standard InChI is InChI=1S/C10H15NOS/c1-3-11-6-4-10(12)9-5-7-13-8(9)2/h5,7,11H,3-4,6H2,1-2H3. The molecule has 1 aromatic rings. The molecule has 3 heteroatoms. The van der Waals surface area contributed by atoms with Gasteiger partial charge in [0, 0.05) is 23.4 Å². The molecule has 2 nitrogen and oxygen atoms in total. The first-order chi connectivity index (χ1) is 6.25. The molecule has 0 aliphatic rings. The van der Waals surface area contributed by atoms with Crippen LogP contribution in [0.3, 0.4) is 0 Å². The number of hydrogen-bond acceptors (Lipinski definition) is 3. The van der Waals surface area contributed by atoms with Crippen molar-refractivity contribution < 1.29 is 4.79 Å². The molecule has 1 heterocycles. The van der Waals surface area contributed by atoms with Crippen LogP contribution in [-0.4, -0.2) is 18.9 Å². The summed E-state index contributed by atoms with van der Waals surface area (Å²) in [5.41, 5.74) is 0.892. The third-order valence-corrected chi connectivity index (χ3v) is 2.78. The van der Waals surface area contributed by atoms with Gasteiger partial charge in [-0.15, -0.1) is 11.3 Å². The molecule has 0 fully saturated rings. The average molecular weight is 197 g/mol. The number of ketones is 1. The van der Waals surface area contributed by atoms with Crippen LogP contribution in [0.1, 0.15) is 28.6 Å². The quantitative estimate of drug-likeness (QED) is 0.579. The van der Waals surface area contributed by atoms with Crippen molar-refractivity contribution in [3.8, 4) is 0 Å². The first-order valence-electron chi connectivity index (χ1n) is 4.53. The van der Waals surface area contributed by atoms with Crippen LogP contribution >= 0.6 is 11.3 Å². The zero-order valence-electron chi connectivity index (χ0n) is 8.09. The number of rotatable bonds is 5. The summed E-state index contributed by atoms with van der Waals surface area (Å²) in [6, 6.07) is 1.91. The molecular weight excluding hydrogens is 182 g/mol. The first kappa shape index (κ1) is 10.4. The summed E-state index contributed by atoms with van der Waals surface area (Å²) in [6.07, 6.45) is 0.603. The maximum absolute atomic E-state index is 11.6. The molecule has 0 amide bonds. The van der Waals surface area contributed by atoms with E-state index < -0.39 is 0 Å². The lowest BCUT2D eigenvalue weighted by atomic mass is 10.1. The summed E-state index contributed by atoms with van der Waals surface area (Å²) in [6.45, 7) is 5.74. The van der Waals surface area contributed by atoms with E-state index in [0.29, 0.717) is 6.42 Å². The molecule has 0 aliphatic heterocycles. The Hall–Kier alpha value is -0.670. The topological polar surface area (TPSA) is 29.1 Å². The highest BCUT2D eigenvalue weighted by Gasteiger charge is 2.08. The van der Waals surface area contributed by atoms with E-state index in [1.54, 1.807) is 11.3 Å². The Morgan fingerprint density at radius 2 is 2.38 bits per heavy atom. The zero-order chi connectivity index (χ0) is 9.68. The van der Waals surface area contributed by atoms with Gasteiger partial charge in [0.2, 0.25) is 0 Å². The number of aryl methyl sites for hydroxylation is 1. The van der Waals surface area contributed by atoms with Gasteiger partial charge in [0.05, 0.1) is 0 Å². The van der Waals surface area contributed by atoms with Gasteiger partial charge in [-0.2, -0.15) is 0 Å². The van der Waals surface area contributed by atoms with Crippen LogP contribution in [-0.2, 0) is 0 Å². The van der Waals surface area contributed by atoms with Crippen molar-refractivity contribution in [2.75, 3.05) is 13.1 Å². The smallest absolute Gasteiger partial charge is 0.165 e. The van der Waals surface area contributed by atoms with Gasteiger partial charge in [-0.1, -0.05) is 6.92 Å². The van der Waals surface area contributed by atoms with E-state index in [0.717, 1.165) is 23.5 Å². The number of hydrogen-bond donors (Lipinski definition) is 1. The van der Waals surface area contributed by atoms with Crippen molar-refractivity contribution in [1.82, 2.24) is 5.32 Å². The average Bonchev–Trinajstić information content (AvgIpc) is 2.52. The SMILES string of the molecule is CCNCCC(=O)c1ccsc1C. The zero-order valence-corrected chi connectivity index (χ0v) is 8.91. The summed E-state index contributed by atoms with van der Waals surface area (Å²) in [5, 5.41) is 5.11. The van der Waals surface area contributed by atoms with E-state index in [9.17, 15) is 4.79 Å². The summed E-state index contributed by atoms with van der Waals surface area (Å²) in [4.78, 5) is 12.7. The molecule has 0 unspecified atom stereocenters. The Labute approximate surface area is 83.0 Å². The lowest BCUT2D eigenvalue weighted by molar-refractivity contribution is 0.0983. The normalized spacial score (nSPS) is 10.3. The van der Waals surface area contributed by atoms with Gasteiger partial charge in [-0.05, 0) is 24.9 Å². The molecule has 0 saturated carbocycles. The predicted molar refractivity (Wildman–Crippen MR) is 56.5 cm³/mol. The maximum atomic E-state index is 11.6. The predicted octanol–water partition coefficient (Wildman–Crippen LogP) is 2.24. The molecular formula is C10H15NOS. The lowest BCUT2D eigenvalue weighted by Gasteiger charge is -2.00. The Balaban J connectivity index is 2.45. The highest BCUT2D eigenvalue weighted by Crippen LogP contribution is 2.16. The second kappa shape index (κ2) is 5.14. The first-order valence-corrected chi connectivity index (χ1v) is 5.41. The maximum Gasteiger partial charge on any atom is 0.165 e. The van der Waals surface area contributed by atoms with Crippen LogP contribution in [0.4, 0.5) is 0 Å².